The van der Waals surface area contributed by atoms with Gasteiger partial charge in [-0.25, -0.2) is 17.6 Å². The number of hydrogen-bond acceptors (Lipinski definition) is 8. The molecule has 0 spiro atoms. The van der Waals surface area contributed by atoms with Gasteiger partial charge in [0.1, 0.15) is 34.7 Å². The Morgan fingerprint density at radius 3 is 1.57 bits per heavy atom. The van der Waals surface area contributed by atoms with E-state index in [4.69, 9.17) is 19.5 Å². The summed E-state index contributed by atoms with van der Waals surface area (Å²) in [4.78, 5) is 13.0. The van der Waals surface area contributed by atoms with Crippen molar-refractivity contribution in [2.24, 2.45) is 10.3 Å². The van der Waals surface area contributed by atoms with Crippen molar-refractivity contribution in [2.75, 3.05) is 13.2 Å². The second-order valence-electron chi connectivity index (χ2n) is 11.8. The SMILES string of the molecule is CCc1c(F)cccc1F.Cc1ccsc1C1=NOC(C)(CO)C1.Cc1ccsc1C1=NOC(C)(COCc2c(F)cccc2F)C1. The van der Waals surface area contributed by atoms with Gasteiger partial charge in [-0.1, -0.05) is 29.4 Å². The summed E-state index contributed by atoms with van der Waals surface area (Å²) in [5.41, 5.74) is 3.19. The minimum Gasteiger partial charge on any atom is -0.392 e. The van der Waals surface area contributed by atoms with Gasteiger partial charge in [-0.2, -0.15) is 0 Å². The van der Waals surface area contributed by atoms with Crippen molar-refractivity contribution >= 4 is 34.1 Å². The molecule has 0 bridgehead atoms. The first-order chi connectivity index (χ1) is 22.4. The molecular formula is C35H38F4N2O4S2. The molecule has 0 aliphatic carbocycles. The third-order valence-electron chi connectivity index (χ3n) is 7.55. The van der Waals surface area contributed by atoms with Gasteiger partial charge >= 0.3 is 0 Å². The van der Waals surface area contributed by atoms with Crippen LogP contribution in [0.1, 0.15) is 65.6 Å². The van der Waals surface area contributed by atoms with Crippen LogP contribution >= 0.6 is 22.7 Å². The molecule has 6 nitrogen and oxygen atoms in total. The van der Waals surface area contributed by atoms with E-state index in [0.717, 1.165) is 21.9 Å². The first kappa shape index (κ1) is 36.3. The van der Waals surface area contributed by atoms with Gasteiger partial charge in [0.2, 0.25) is 0 Å². The number of nitrogens with zero attached hydrogens (tertiary/aromatic N) is 2. The highest BCUT2D eigenvalue weighted by Gasteiger charge is 2.36. The van der Waals surface area contributed by atoms with Crippen LogP contribution in [0.4, 0.5) is 17.6 Å². The van der Waals surface area contributed by atoms with Gasteiger partial charge in [0.25, 0.3) is 0 Å². The third kappa shape index (κ3) is 9.28. The molecule has 2 aromatic heterocycles. The number of benzene rings is 2. The number of ether oxygens (including phenoxy) is 1. The van der Waals surface area contributed by atoms with E-state index < -0.39 is 34.5 Å². The smallest absolute Gasteiger partial charge is 0.163 e. The Hall–Kier alpha value is -3.58. The molecular weight excluding hydrogens is 653 g/mol. The Morgan fingerprint density at radius 1 is 0.745 bits per heavy atom. The van der Waals surface area contributed by atoms with Gasteiger partial charge in [0.05, 0.1) is 29.6 Å². The first-order valence-electron chi connectivity index (χ1n) is 15.0. The molecule has 0 fully saturated rings. The lowest BCUT2D eigenvalue weighted by molar-refractivity contribution is -0.0716. The van der Waals surface area contributed by atoms with Crippen LogP contribution in [0.15, 0.2) is 69.6 Å². The van der Waals surface area contributed by atoms with Gasteiger partial charge in [-0.05, 0) is 92.4 Å². The highest BCUT2D eigenvalue weighted by atomic mass is 32.1. The standard InChI is InChI=1S/C17H17F2NO2S.C10H13NO2S.C8H8F2/c1-11-6-7-23-16(11)15-8-17(2,22-20-15)10-21-9-12-13(18)4-3-5-14(12)19;1-7-3-4-14-9(7)8-5-10(2,6-12)13-11-8;1-2-6-7(9)4-3-5-8(6)10/h3-7H,8-10H2,1-2H3;3-4,12H,5-6H2,1-2H3;3-5H,2H2,1H3. The number of aliphatic hydroxyl groups is 1. The van der Waals surface area contributed by atoms with Crippen molar-refractivity contribution in [2.45, 2.75) is 71.7 Å². The van der Waals surface area contributed by atoms with Crippen LogP contribution in [0.3, 0.4) is 0 Å². The topological polar surface area (TPSA) is 72.6 Å². The fourth-order valence-corrected chi connectivity index (χ4v) is 6.64. The van der Waals surface area contributed by atoms with Crippen LogP contribution in [0.2, 0.25) is 0 Å². The average Bonchev–Trinajstić information content (AvgIpc) is 3.84. The predicted molar refractivity (Wildman–Crippen MR) is 178 cm³/mol. The summed E-state index contributed by atoms with van der Waals surface area (Å²) >= 11 is 3.29. The van der Waals surface area contributed by atoms with E-state index in [1.54, 1.807) is 29.6 Å². The molecule has 2 aliphatic rings. The molecule has 4 heterocycles. The van der Waals surface area contributed by atoms with Gasteiger partial charge in [0, 0.05) is 24.0 Å². The Labute approximate surface area is 280 Å². The molecule has 2 aromatic carbocycles. The van der Waals surface area contributed by atoms with Gasteiger partial charge in [-0.3, -0.25) is 0 Å². The second kappa shape index (κ2) is 16.0. The first-order valence-corrected chi connectivity index (χ1v) is 16.8. The Bertz CT molecular complexity index is 1680. The van der Waals surface area contributed by atoms with Crippen molar-refractivity contribution in [1.82, 2.24) is 0 Å². The zero-order valence-corrected chi connectivity index (χ0v) is 28.5. The zero-order valence-electron chi connectivity index (χ0n) is 26.9. The summed E-state index contributed by atoms with van der Waals surface area (Å²) in [6, 6.07) is 11.8. The Balaban J connectivity index is 0.000000177. The van der Waals surface area contributed by atoms with Crippen LogP contribution < -0.4 is 0 Å². The number of hydrogen-bond donors (Lipinski definition) is 1. The van der Waals surface area contributed by atoms with Gasteiger partial charge < -0.3 is 19.5 Å². The number of halogens is 4. The number of oxime groups is 2. The minimum atomic E-state index is -0.618. The second-order valence-corrected chi connectivity index (χ2v) is 13.6. The number of rotatable bonds is 8. The highest BCUT2D eigenvalue weighted by Crippen LogP contribution is 2.31. The largest absolute Gasteiger partial charge is 0.392 e. The molecule has 0 amide bonds. The Kier molecular flexibility index (Phi) is 12.4. The lowest BCUT2D eigenvalue weighted by Gasteiger charge is -2.21. The molecule has 47 heavy (non-hydrogen) atoms. The van der Waals surface area contributed by atoms with Crippen LogP contribution in [0.25, 0.3) is 0 Å². The number of aliphatic hydroxyl groups excluding tert-OH is 1. The maximum absolute atomic E-state index is 13.6. The van der Waals surface area contributed by atoms with Crippen molar-refractivity contribution in [1.29, 1.82) is 0 Å². The zero-order chi connectivity index (χ0) is 34.2. The molecule has 252 valence electrons. The van der Waals surface area contributed by atoms with Gasteiger partial charge in [-0.15, -0.1) is 22.7 Å². The molecule has 2 unspecified atom stereocenters. The van der Waals surface area contributed by atoms with Crippen molar-refractivity contribution in [3.63, 3.8) is 0 Å². The van der Waals surface area contributed by atoms with Crippen LogP contribution in [-0.2, 0) is 27.4 Å². The molecule has 0 saturated heterocycles. The predicted octanol–water partition coefficient (Wildman–Crippen LogP) is 8.89. The molecule has 4 aromatic rings. The quantitative estimate of drug-likeness (QED) is 0.188. The fourth-order valence-electron chi connectivity index (χ4n) is 4.82. The maximum Gasteiger partial charge on any atom is 0.163 e. The Morgan fingerprint density at radius 2 is 1.19 bits per heavy atom. The average molecular weight is 691 g/mol. The highest BCUT2D eigenvalue weighted by molar-refractivity contribution is 7.12. The van der Waals surface area contributed by atoms with E-state index in [0.29, 0.717) is 19.3 Å². The molecule has 2 atom stereocenters. The maximum atomic E-state index is 13.6. The third-order valence-corrected chi connectivity index (χ3v) is 9.68. The van der Waals surface area contributed by atoms with E-state index in [2.05, 4.69) is 23.3 Å². The van der Waals surface area contributed by atoms with Crippen LogP contribution in [0.5, 0.6) is 0 Å². The van der Waals surface area contributed by atoms with E-state index in [-0.39, 0.29) is 30.9 Å². The van der Waals surface area contributed by atoms with Crippen LogP contribution in [-0.4, -0.2) is 40.9 Å². The van der Waals surface area contributed by atoms with Crippen molar-refractivity contribution in [3.8, 4) is 0 Å². The molecule has 0 radical (unpaired) electrons. The van der Waals surface area contributed by atoms with Crippen molar-refractivity contribution in [3.05, 3.63) is 115 Å². The normalized spacial score (nSPS) is 19.9. The molecule has 2 aliphatic heterocycles. The summed E-state index contributed by atoms with van der Waals surface area (Å²) in [6.07, 6.45) is 1.69. The van der Waals surface area contributed by atoms with Crippen LogP contribution in [0, 0.1) is 37.1 Å². The lowest BCUT2D eigenvalue weighted by Crippen LogP contribution is -2.31. The summed E-state index contributed by atoms with van der Waals surface area (Å²) in [7, 11) is 0. The monoisotopic (exact) mass is 690 g/mol. The molecule has 12 heteroatoms. The van der Waals surface area contributed by atoms with Crippen molar-refractivity contribution < 1.29 is 37.1 Å². The molecule has 6 rings (SSSR count). The number of thiophene rings is 2. The van der Waals surface area contributed by atoms with E-state index in [1.807, 2.05) is 37.6 Å². The number of aryl methyl sites for hydroxylation is 2. The van der Waals surface area contributed by atoms with E-state index in [1.165, 1.54) is 46.8 Å². The summed E-state index contributed by atoms with van der Waals surface area (Å²) in [5.74, 6) is -2.12. The van der Waals surface area contributed by atoms with E-state index in [9.17, 15) is 17.6 Å². The minimum absolute atomic E-state index is 0.00439. The summed E-state index contributed by atoms with van der Waals surface area (Å²) < 4.78 is 57.8. The van der Waals surface area contributed by atoms with Gasteiger partial charge in [0.15, 0.2) is 11.2 Å². The molecule has 1 N–H and O–H groups in total. The lowest BCUT2D eigenvalue weighted by atomic mass is 9.99. The summed E-state index contributed by atoms with van der Waals surface area (Å²) in [6.45, 7) is 9.63. The fraction of sp³-hybridized carbons (Fsp3) is 0.371. The summed E-state index contributed by atoms with van der Waals surface area (Å²) in [5, 5.41) is 21.4. The van der Waals surface area contributed by atoms with E-state index >= 15 is 0 Å². The molecule has 0 saturated carbocycles.